The number of benzene rings is 1. The second kappa shape index (κ2) is 4.25. The van der Waals surface area contributed by atoms with Crippen LogP contribution in [0.3, 0.4) is 0 Å². The van der Waals surface area contributed by atoms with Crippen molar-refractivity contribution in [3.05, 3.63) is 41.7 Å². The van der Waals surface area contributed by atoms with Crippen LogP contribution in [-0.4, -0.2) is 26.1 Å². The van der Waals surface area contributed by atoms with E-state index in [-0.39, 0.29) is 11.1 Å². The lowest BCUT2D eigenvalue weighted by Gasteiger charge is -2.15. The first-order valence-corrected chi connectivity index (χ1v) is 5.66. The van der Waals surface area contributed by atoms with Crippen LogP contribution in [0.5, 0.6) is 0 Å². The van der Waals surface area contributed by atoms with Crippen molar-refractivity contribution in [3.8, 4) is 5.69 Å². The van der Waals surface area contributed by atoms with Crippen LogP contribution >= 0.6 is 0 Å². The van der Waals surface area contributed by atoms with Crippen LogP contribution < -0.4 is 0 Å². The second-order valence-electron chi connectivity index (χ2n) is 5.09. The van der Waals surface area contributed by atoms with Gasteiger partial charge in [0.15, 0.2) is 5.69 Å². The molecule has 1 aromatic heterocycles. The largest absolute Gasteiger partial charge is 0.476 e. The van der Waals surface area contributed by atoms with Gasteiger partial charge in [0.05, 0.1) is 5.69 Å². The number of carboxylic acid groups (broad SMARTS) is 1. The Hall–Kier alpha value is -2.17. The van der Waals surface area contributed by atoms with Crippen LogP contribution in [0.2, 0.25) is 0 Å². The number of rotatable bonds is 2. The molecule has 94 valence electrons. The number of hydrogen-bond donors (Lipinski definition) is 1. The Morgan fingerprint density at radius 1 is 1.22 bits per heavy atom. The normalized spacial score (nSPS) is 11.5. The molecule has 1 aromatic carbocycles. The number of para-hydroxylation sites is 1. The first-order chi connectivity index (χ1) is 8.41. The Balaban J connectivity index is 2.64. The van der Waals surface area contributed by atoms with Gasteiger partial charge in [-0.1, -0.05) is 44.2 Å². The lowest BCUT2D eigenvalue weighted by Crippen LogP contribution is -2.18. The zero-order valence-corrected chi connectivity index (χ0v) is 10.6. The molecule has 1 N–H and O–H groups in total. The third-order valence-corrected chi connectivity index (χ3v) is 2.58. The number of carbonyl (C=O) groups is 1. The van der Waals surface area contributed by atoms with Gasteiger partial charge in [-0.2, -0.15) is 0 Å². The maximum absolute atomic E-state index is 11.4. The van der Waals surface area contributed by atoms with E-state index in [1.165, 1.54) is 4.68 Å². The minimum Gasteiger partial charge on any atom is -0.476 e. The number of aromatic nitrogens is 3. The topological polar surface area (TPSA) is 68.0 Å². The Morgan fingerprint density at radius 3 is 2.33 bits per heavy atom. The SMILES string of the molecule is CC(C)(C)c1nnn(-c2ccccc2)c1C(=O)O. The van der Waals surface area contributed by atoms with Crippen molar-refractivity contribution in [1.29, 1.82) is 0 Å². The van der Waals surface area contributed by atoms with Gasteiger partial charge in [-0.3, -0.25) is 0 Å². The summed E-state index contributed by atoms with van der Waals surface area (Å²) in [5, 5.41) is 17.3. The molecule has 0 aliphatic heterocycles. The first kappa shape index (κ1) is 12.3. The van der Waals surface area contributed by atoms with E-state index >= 15 is 0 Å². The van der Waals surface area contributed by atoms with Gasteiger partial charge in [-0.25, -0.2) is 9.48 Å². The van der Waals surface area contributed by atoms with Gasteiger partial charge in [0.25, 0.3) is 0 Å². The van der Waals surface area contributed by atoms with E-state index in [1.54, 1.807) is 12.1 Å². The smallest absolute Gasteiger partial charge is 0.356 e. The highest BCUT2D eigenvalue weighted by atomic mass is 16.4. The highest BCUT2D eigenvalue weighted by Gasteiger charge is 2.29. The van der Waals surface area contributed by atoms with Crippen molar-refractivity contribution in [2.24, 2.45) is 0 Å². The van der Waals surface area contributed by atoms with Crippen LogP contribution in [-0.2, 0) is 5.41 Å². The van der Waals surface area contributed by atoms with Gasteiger partial charge in [-0.05, 0) is 12.1 Å². The van der Waals surface area contributed by atoms with E-state index in [4.69, 9.17) is 0 Å². The molecule has 0 atom stereocenters. The Morgan fingerprint density at radius 2 is 1.83 bits per heavy atom. The van der Waals surface area contributed by atoms with Crippen molar-refractivity contribution >= 4 is 5.97 Å². The molecule has 0 saturated heterocycles. The third-order valence-electron chi connectivity index (χ3n) is 2.58. The molecule has 2 rings (SSSR count). The predicted octanol–water partition coefficient (Wildman–Crippen LogP) is 2.26. The molecule has 0 spiro atoms. The lowest BCUT2D eigenvalue weighted by atomic mass is 9.90. The molecule has 0 aliphatic carbocycles. The molecule has 0 bridgehead atoms. The Labute approximate surface area is 105 Å². The van der Waals surface area contributed by atoms with Crippen LogP contribution in [0.4, 0.5) is 0 Å². The van der Waals surface area contributed by atoms with Gasteiger partial charge in [0, 0.05) is 5.41 Å². The fraction of sp³-hybridized carbons (Fsp3) is 0.308. The fourth-order valence-corrected chi connectivity index (χ4v) is 1.73. The molecule has 0 fully saturated rings. The van der Waals surface area contributed by atoms with E-state index in [0.717, 1.165) is 0 Å². The van der Waals surface area contributed by atoms with E-state index in [2.05, 4.69) is 10.3 Å². The van der Waals surface area contributed by atoms with Crippen LogP contribution in [0.25, 0.3) is 5.69 Å². The van der Waals surface area contributed by atoms with E-state index < -0.39 is 5.97 Å². The fourth-order valence-electron chi connectivity index (χ4n) is 1.73. The highest BCUT2D eigenvalue weighted by molar-refractivity contribution is 5.88. The maximum atomic E-state index is 11.4. The average Bonchev–Trinajstić information content (AvgIpc) is 2.74. The van der Waals surface area contributed by atoms with E-state index in [1.807, 2.05) is 39.0 Å². The summed E-state index contributed by atoms with van der Waals surface area (Å²) in [7, 11) is 0. The Kier molecular flexibility index (Phi) is 2.90. The van der Waals surface area contributed by atoms with Crippen molar-refractivity contribution < 1.29 is 9.90 Å². The second-order valence-corrected chi connectivity index (χ2v) is 5.09. The molecule has 0 aliphatic rings. The number of carboxylic acids is 1. The van der Waals surface area contributed by atoms with E-state index in [9.17, 15) is 9.90 Å². The molecular weight excluding hydrogens is 230 g/mol. The third kappa shape index (κ3) is 2.11. The quantitative estimate of drug-likeness (QED) is 0.881. The molecule has 0 amide bonds. The molecule has 0 unspecified atom stereocenters. The summed E-state index contributed by atoms with van der Waals surface area (Å²) in [6.45, 7) is 5.75. The minimum absolute atomic E-state index is 0.119. The highest BCUT2D eigenvalue weighted by Crippen LogP contribution is 2.25. The van der Waals surface area contributed by atoms with Crippen molar-refractivity contribution in [3.63, 3.8) is 0 Å². The maximum Gasteiger partial charge on any atom is 0.356 e. The standard InChI is InChI=1S/C13H15N3O2/c1-13(2,3)11-10(12(17)18)16(15-14-11)9-7-5-4-6-8-9/h4-8H,1-3H3,(H,17,18). The predicted molar refractivity (Wildman–Crippen MR) is 67.0 cm³/mol. The van der Waals surface area contributed by atoms with E-state index in [0.29, 0.717) is 11.4 Å². The molecule has 5 heteroatoms. The molecule has 2 aromatic rings. The minimum atomic E-state index is -1.02. The first-order valence-electron chi connectivity index (χ1n) is 5.66. The summed E-state index contributed by atoms with van der Waals surface area (Å²) >= 11 is 0. The average molecular weight is 245 g/mol. The molecule has 0 saturated carbocycles. The monoisotopic (exact) mass is 245 g/mol. The summed E-state index contributed by atoms with van der Waals surface area (Å²) in [6.07, 6.45) is 0. The summed E-state index contributed by atoms with van der Waals surface area (Å²) in [5.74, 6) is -1.02. The summed E-state index contributed by atoms with van der Waals surface area (Å²) < 4.78 is 1.36. The van der Waals surface area contributed by atoms with Crippen LogP contribution in [0.15, 0.2) is 30.3 Å². The molecular formula is C13H15N3O2. The molecule has 0 radical (unpaired) electrons. The summed E-state index contributed by atoms with van der Waals surface area (Å²) in [4.78, 5) is 11.4. The van der Waals surface area contributed by atoms with Crippen LogP contribution in [0.1, 0.15) is 37.0 Å². The summed E-state index contributed by atoms with van der Waals surface area (Å²) in [6, 6.07) is 9.13. The zero-order chi connectivity index (χ0) is 13.3. The van der Waals surface area contributed by atoms with Gasteiger partial charge >= 0.3 is 5.97 Å². The zero-order valence-electron chi connectivity index (χ0n) is 10.6. The van der Waals surface area contributed by atoms with Gasteiger partial charge < -0.3 is 5.11 Å². The number of hydrogen-bond acceptors (Lipinski definition) is 3. The summed E-state index contributed by atoms with van der Waals surface area (Å²) in [5.41, 5.74) is 0.936. The van der Waals surface area contributed by atoms with Crippen LogP contribution in [0, 0.1) is 0 Å². The van der Waals surface area contributed by atoms with Crippen molar-refractivity contribution in [1.82, 2.24) is 15.0 Å². The molecule has 1 heterocycles. The van der Waals surface area contributed by atoms with Gasteiger partial charge in [-0.15, -0.1) is 5.10 Å². The van der Waals surface area contributed by atoms with Gasteiger partial charge in [0.1, 0.15) is 5.69 Å². The molecule has 18 heavy (non-hydrogen) atoms. The number of nitrogens with zero attached hydrogens (tertiary/aromatic N) is 3. The lowest BCUT2D eigenvalue weighted by molar-refractivity contribution is 0.0684. The number of aromatic carboxylic acids is 1. The van der Waals surface area contributed by atoms with Crippen molar-refractivity contribution in [2.45, 2.75) is 26.2 Å². The molecule has 5 nitrogen and oxygen atoms in total. The van der Waals surface area contributed by atoms with Gasteiger partial charge in [0.2, 0.25) is 0 Å². The van der Waals surface area contributed by atoms with Crippen molar-refractivity contribution in [2.75, 3.05) is 0 Å². The Bertz CT molecular complexity index is 568.